The van der Waals surface area contributed by atoms with Crippen molar-refractivity contribution in [1.29, 1.82) is 0 Å². The second-order valence-electron chi connectivity index (χ2n) is 16.1. The third kappa shape index (κ3) is 5.74. The summed E-state index contributed by atoms with van der Waals surface area (Å²) in [5.41, 5.74) is 18.2. The van der Waals surface area contributed by atoms with Crippen LogP contribution in [-0.2, 0) is 5.41 Å². The van der Waals surface area contributed by atoms with Crippen LogP contribution < -0.4 is 4.74 Å². The van der Waals surface area contributed by atoms with Gasteiger partial charge in [0.25, 0.3) is 0 Å². The largest absolute Gasteiger partial charge is 0.457 e. The van der Waals surface area contributed by atoms with Gasteiger partial charge in [0.2, 0.25) is 0 Å². The van der Waals surface area contributed by atoms with Crippen LogP contribution in [0.5, 0.6) is 11.5 Å². The van der Waals surface area contributed by atoms with Crippen molar-refractivity contribution in [2.75, 3.05) is 0 Å². The van der Waals surface area contributed by atoms with Crippen molar-refractivity contribution >= 4 is 0 Å². The number of hydrogen-bond acceptors (Lipinski definition) is 3. The van der Waals surface area contributed by atoms with Crippen LogP contribution >= 0.6 is 0 Å². The topological polar surface area (TPSA) is 35.0 Å². The molecule has 0 saturated carbocycles. The molecule has 9 aromatic carbocycles. The van der Waals surface area contributed by atoms with Gasteiger partial charge in [-0.2, -0.15) is 0 Å². The minimum atomic E-state index is -0.564. The molecule has 3 nitrogen and oxygen atoms in total. The average molecular weight is 791 g/mol. The lowest BCUT2D eigenvalue weighted by molar-refractivity contribution is 0.436. The van der Waals surface area contributed by atoms with Crippen LogP contribution in [0.15, 0.2) is 231 Å². The minimum absolute atomic E-state index is 0.564. The predicted octanol–water partition coefficient (Wildman–Crippen LogP) is 14.9. The number of nitrogens with zero attached hydrogens (tertiary/aromatic N) is 2. The molecular weight excluding hydrogens is 753 g/mol. The van der Waals surface area contributed by atoms with Gasteiger partial charge in [-0.25, -0.2) is 9.97 Å². The van der Waals surface area contributed by atoms with E-state index < -0.39 is 5.41 Å². The summed E-state index contributed by atoms with van der Waals surface area (Å²) >= 11 is 0. The van der Waals surface area contributed by atoms with Gasteiger partial charge in [-0.1, -0.05) is 194 Å². The van der Waals surface area contributed by atoms with Crippen molar-refractivity contribution < 1.29 is 4.74 Å². The van der Waals surface area contributed by atoms with E-state index in [0.29, 0.717) is 5.82 Å². The standard InChI is InChI=1S/C59H38N2O/c1-3-17-39(18-4-1)41-21-15-23-44(35-41)54-38-55(61-58(60-54)45-24-16-22-42(36-45)40-19-5-2-6-20-40)49-28-8-7-25-46(49)43-33-34-57-53(37-43)59(52-31-13-14-32-56(52)62-57)50-29-11-9-26-47(50)48-27-10-12-30-51(48)59/h1-38H. The van der Waals surface area contributed by atoms with Crippen LogP contribution in [0, 0.1) is 0 Å². The number of benzene rings is 9. The molecule has 0 bridgehead atoms. The third-order valence-corrected chi connectivity index (χ3v) is 12.6. The Morgan fingerprint density at radius 2 is 0.758 bits per heavy atom. The van der Waals surface area contributed by atoms with Gasteiger partial charge >= 0.3 is 0 Å². The van der Waals surface area contributed by atoms with Crippen molar-refractivity contribution in [2.45, 2.75) is 5.41 Å². The first-order valence-electron chi connectivity index (χ1n) is 21.1. The third-order valence-electron chi connectivity index (χ3n) is 12.6. The summed E-state index contributed by atoms with van der Waals surface area (Å²) in [6, 6.07) is 82.0. The zero-order valence-electron chi connectivity index (χ0n) is 33.7. The summed E-state index contributed by atoms with van der Waals surface area (Å²) in [7, 11) is 0. The van der Waals surface area contributed by atoms with E-state index in [4.69, 9.17) is 14.7 Å². The molecule has 1 aromatic heterocycles. The number of rotatable bonds is 6. The van der Waals surface area contributed by atoms with Gasteiger partial charge in [-0.15, -0.1) is 0 Å². The van der Waals surface area contributed by atoms with Crippen LogP contribution in [0.4, 0.5) is 0 Å². The Hall–Kier alpha value is -8.14. The summed E-state index contributed by atoms with van der Waals surface area (Å²) in [5.74, 6) is 2.41. The normalized spacial score (nSPS) is 12.8. The van der Waals surface area contributed by atoms with Gasteiger partial charge in [-0.05, 0) is 92.0 Å². The van der Waals surface area contributed by atoms with Crippen LogP contribution in [0.1, 0.15) is 22.3 Å². The van der Waals surface area contributed by atoms with E-state index in [1.54, 1.807) is 0 Å². The fourth-order valence-electron chi connectivity index (χ4n) is 9.80. The lowest BCUT2D eigenvalue weighted by Gasteiger charge is -2.39. The van der Waals surface area contributed by atoms with E-state index in [0.717, 1.165) is 84.1 Å². The number of fused-ring (bicyclic) bond motifs is 9. The first-order valence-corrected chi connectivity index (χ1v) is 21.1. The number of ether oxygens (including phenoxy) is 1. The Morgan fingerprint density at radius 3 is 1.44 bits per heavy atom. The molecule has 0 saturated heterocycles. The summed E-state index contributed by atoms with van der Waals surface area (Å²) in [6.45, 7) is 0. The molecule has 1 aliphatic carbocycles. The summed E-state index contributed by atoms with van der Waals surface area (Å²) in [4.78, 5) is 10.7. The number of aromatic nitrogens is 2. The molecule has 62 heavy (non-hydrogen) atoms. The molecule has 0 radical (unpaired) electrons. The minimum Gasteiger partial charge on any atom is -0.457 e. The Morgan fingerprint density at radius 1 is 0.274 bits per heavy atom. The van der Waals surface area contributed by atoms with Gasteiger partial charge in [0.1, 0.15) is 11.5 Å². The molecule has 2 aliphatic rings. The van der Waals surface area contributed by atoms with Crippen LogP contribution in [0.2, 0.25) is 0 Å². The van der Waals surface area contributed by atoms with Gasteiger partial charge in [0.15, 0.2) is 5.82 Å². The summed E-state index contributed by atoms with van der Waals surface area (Å²) in [6.07, 6.45) is 0. The second kappa shape index (κ2) is 14.5. The summed E-state index contributed by atoms with van der Waals surface area (Å²) in [5, 5.41) is 0. The maximum absolute atomic E-state index is 6.79. The quantitative estimate of drug-likeness (QED) is 0.168. The van der Waals surface area contributed by atoms with Crippen molar-refractivity contribution in [3.8, 4) is 89.9 Å². The Labute approximate surface area is 361 Å². The zero-order valence-corrected chi connectivity index (χ0v) is 33.7. The van der Waals surface area contributed by atoms with Gasteiger partial charge < -0.3 is 4.74 Å². The fourth-order valence-corrected chi connectivity index (χ4v) is 9.80. The van der Waals surface area contributed by atoms with Crippen molar-refractivity contribution in [1.82, 2.24) is 9.97 Å². The van der Waals surface area contributed by atoms with E-state index in [1.165, 1.54) is 22.3 Å². The van der Waals surface area contributed by atoms with Crippen molar-refractivity contribution in [2.24, 2.45) is 0 Å². The average Bonchev–Trinajstić information content (AvgIpc) is 3.65. The molecule has 1 spiro atoms. The maximum Gasteiger partial charge on any atom is 0.160 e. The molecule has 0 atom stereocenters. The first-order chi connectivity index (χ1) is 30.7. The van der Waals surface area contributed by atoms with E-state index in [2.05, 4.69) is 224 Å². The van der Waals surface area contributed by atoms with E-state index >= 15 is 0 Å². The highest BCUT2D eigenvalue weighted by Crippen LogP contribution is 2.62. The van der Waals surface area contributed by atoms with E-state index in [-0.39, 0.29) is 0 Å². The number of hydrogen-bond donors (Lipinski definition) is 0. The highest BCUT2D eigenvalue weighted by atomic mass is 16.5. The molecule has 0 amide bonds. The van der Waals surface area contributed by atoms with E-state index in [1.807, 2.05) is 6.07 Å². The van der Waals surface area contributed by atoms with Crippen molar-refractivity contribution in [3.63, 3.8) is 0 Å². The van der Waals surface area contributed by atoms with Crippen LogP contribution in [0.3, 0.4) is 0 Å². The Balaban J connectivity index is 1.06. The predicted molar refractivity (Wildman–Crippen MR) is 252 cm³/mol. The summed E-state index contributed by atoms with van der Waals surface area (Å²) < 4.78 is 6.79. The molecular formula is C59H38N2O. The highest BCUT2D eigenvalue weighted by Gasteiger charge is 2.51. The molecule has 2 heterocycles. The number of para-hydroxylation sites is 1. The van der Waals surface area contributed by atoms with E-state index in [9.17, 15) is 0 Å². The van der Waals surface area contributed by atoms with Crippen molar-refractivity contribution in [3.05, 3.63) is 253 Å². The Kier molecular flexibility index (Phi) is 8.39. The van der Waals surface area contributed by atoms with Gasteiger partial charge in [0, 0.05) is 27.8 Å². The molecule has 0 fully saturated rings. The highest BCUT2D eigenvalue weighted by molar-refractivity contribution is 5.91. The second-order valence-corrected chi connectivity index (χ2v) is 16.1. The fraction of sp³-hybridized carbons (Fsp3) is 0.0169. The van der Waals surface area contributed by atoms with Gasteiger partial charge in [-0.3, -0.25) is 0 Å². The molecule has 10 aromatic rings. The van der Waals surface area contributed by atoms with Crippen LogP contribution in [-0.4, -0.2) is 9.97 Å². The van der Waals surface area contributed by atoms with Gasteiger partial charge in [0.05, 0.1) is 16.8 Å². The molecule has 12 rings (SSSR count). The van der Waals surface area contributed by atoms with Crippen LogP contribution in [0.25, 0.3) is 78.4 Å². The monoisotopic (exact) mass is 790 g/mol. The maximum atomic E-state index is 6.79. The zero-order chi connectivity index (χ0) is 41.0. The first kappa shape index (κ1) is 35.8. The lowest BCUT2D eigenvalue weighted by Crippen LogP contribution is -2.32. The lowest BCUT2D eigenvalue weighted by atomic mass is 9.65. The Bertz CT molecular complexity index is 3190. The molecule has 1 aliphatic heterocycles. The molecule has 3 heteroatoms. The SMILES string of the molecule is c1ccc(-c2cccc(-c3cc(-c4ccccc4-c4ccc5c(c4)C4(c6ccccc6O5)c5ccccc5-c5ccccc54)nc(-c4cccc(-c5ccccc5)c4)n3)c2)cc1. The molecule has 0 unspecified atom stereocenters. The molecule has 0 N–H and O–H groups in total. The molecule has 290 valence electrons. The smallest absolute Gasteiger partial charge is 0.160 e.